The number of rotatable bonds is 6. The highest BCUT2D eigenvalue weighted by molar-refractivity contribution is 6.32. The minimum Gasteiger partial charge on any atom is -0.377 e. The summed E-state index contributed by atoms with van der Waals surface area (Å²) in [4.78, 5) is 92.6. The number of hydrogen-bond donors (Lipinski definition) is 4. The molecular weight excluding hydrogens is 586 g/mol. The summed E-state index contributed by atoms with van der Waals surface area (Å²) in [6.07, 6.45) is 2.04. The molecule has 15 heteroatoms. The molecule has 6 N–H and O–H groups in total. The number of likely N-dealkylation sites (N-methyl/N-ethyl adjacent to an activating group) is 1. The van der Waals surface area contributed by atoms with Crippen molar-refractivity contribution in [3.05, 3.63) is 23.3 Å². The van der Waals surface area contributed by atoms with Crippen molar-refractivity contribution in [2.75, 3.05) is 58.1 Å². The summed E-state index contributed by atoms with van der Waals surface area (Å²) in [5.41, 5.74) is 10.3. The van der Waals surface area contributed by atoms with Gasteiger partial charge >= 0.3 is 0 Å². The Morgan fingerprint density at radius 2 is 1.82 bits per heavy atom. The summed E-state index contributed by atoms with van der Waals surface area (Å²) in [7, 11) is 6.65. The zero-order chi connectivity index (χ0) is 33.0. The maximum absolute atomic E-state index is 14.1. The average molecular weight is 626 g/mol. The lowest BCUT2D eigenvalue weighted by atomic mass is 9.52. The molecule has 1 aliphatic heterocycles. The second kappa shape index (κ2) is 11.9. The Morgan fingerprint density at radius 1 is 1.11 bits per heavy atom. The van der Waals surface area contributed by atoms with Gasteiger partial charge < -0.3 is 26.8 Å². The van der Waals surface area contributed by atoms with Gasteiger partial charge in [-0.25, -0.2) is 10.1 Å². The van der Waals surface area contributed by atoms with Crippen LogP contribution in [0.2, 0.25) is 0 Å². The fourth-order valence-corrected chi connectivity index (χ4v) is 7.27. The van der Waals surface area contributed by atoms with Crippen molar-refractivity contribution in [3.8, 4) is 0 Å². The molecule has 6 atom stereocenters. The predicted octanol–water partition coefficient (Wildman–Crippen LogP) is -1.49. The van der Waals surface area contributed by atoms with Gasteiger partial charge in [0.05, 0.1) is 18.6 Å². The zero-order valence-corrected chi connectivity index (χ0v) is 25.7. The van der Waals surface area contributed by atoms with Crippen LogP contribution in [0.1, 0.15) is 35.2 Å². The second-order valence-electron chi connectivity index (χ2n) is 12.6. The summed E-state index contributed by atoms with van der Waals surface area (Å²) in [5, 5.41) is 15.9. The van der Waals surface area contributed by atoms with Gasteiger partial charge in [-0.1, -0.05) is 0 Å². The van der Waals surface area contributed by atoms with E-state index in [1.165, 1.54) is 16.0 Å². The zero-order valence-electron chi connectivity index (χ0n) is 25.7. The van der Waals surface area contributed by atoms with Crippen LogP contribution in [-0.2, 0) is 35.2 Å². The van der Waals surface area contributed by atoms with Crippen molar-refractivity contribution in [1.82, 2.24) is 9.96 Å². The molecule has 3 fully saturated rings. The molecule has 4 aliphatic rings. The quantitative estimate of drug-likeness (QED) is 0.161. The molecule has 0 bridgehead atoms. The van der Waals surface area contributed by atoms with E-state index in [1.54, 1.807) is 39.2 Å². The van der Waals surface area contributed by atoms with Crippen molar-refractivity contribution in [2.45, 2.75) is 37.3 Å². The number of benzene rings is 1. The molecule has 15 nitrogen and oxygen atoms in total. The molecule has 2 saturated carbocycles. The maximum Gasteiger partial charge on any atom is 0.246 e. The molecule has 5 rings (SSSR count). The predicted molar refractivity (Wildman–Crippen MR) is 161 cm³/mol. The highest BCUT2D eigenvalue weighted by Crippen LogP contribution is 2.51. The third kappa shape index (κ3) is 5.38. The number of aliphatic imine (C=N–C) groups is 1. The van der Waals surface area contributed by atoms with Crippen LogP contribution in [0.4, 0.5) is 11.4 Å². The third-order valence-corrected chi connectivity index (χ3v) is 9.31. The van der Waals surface area contributed by atoms with E-state index in [1.807, 2.05) is 0 Å². The van der Waals surface area contributed by atoms with E-state index >= 15 is 0 Å². The number of carbonyl (C=O) groups excluding carboxylic acids is 6. The SMILES string of the molecule is CN(C)c1cc(NC(=O)CN=C(N)N2CCCCO2)cc2c1CC1CC3[C@H](N(C)C)C(=O)C(C(N)=O)C(=O)[C@@]3(O)C(=O)C1C2=O. The minimum absolute atomic E-state index is 0.00933. The molecule has 4 unspecified atom stereocenters. The fraction of sp³-hybridized carbons (Fsp3) is 0.567. The third-order valence-electron chi connectivity index (χ3n) is 9.31. The second-order valence-corrected chi connectivity index (χ2v) is 12.6. The first-order chi connectivity index (χ1) is 21.2. The number of nitrogens with zero attached hydrogens (tertiary/aromatic N) is 4. The standard InChI is InChI=1S/C30H39N7O8/c1-35(2)19-12-15(34-20(38)13-33-29(32)37-7-5-6-8-45-37)11-17-16(19)9-14-10-18-23(36(3)4)25(40)22(28(31)43)27(42)30(18,44)26(41)21(14)24(17)39/h11-12,14,18,21-23,44H,5-10,13H2,1-4H3,(H2,31,43)(H2,32,33)(H,34,38)/t14?,18?,21?,22?,23-,30-/m0/s1. The first-order valence-corrected chi connectivity index (χ1v) is 14.9. The molecule has 0 radical (unpaired) electrons. The number of hydrogen-bond acceptors (Lipinski definition) is 11. The normalized spacial score (nSPS) is 30.0. The molecular formula is C30H39N7O8. The number of anilines is 2. The van der Waals surface area contributed by atoms with E-state index in [-0.39, 0.29) is 36.6 Å². The number of ketones is 4. The Morgan fingerprint density at radius 3 is 2.42 bits per heavy atom. The maximum atomic E-state index is 14.1. The van der Waals surface area contributed by atoms with Crippen molar-refractivity contribution in [3.63, 3.8) is 0 Å². The van der Waals surface area contributed by atoms with Gasteiger partial charge in [0, 0.05) is 43.5 Å². The molecule has 3 aliphatic carbocycles. The van der Waals surface area contributed by atoms with Crippen LogP contribution in [0, 0.1) is 23.7 Å². The Bertz CT molecular complexity index is 1500. The lowest BCUT2D eigenvalue weighted by Gasteiger charge is -2.52. The summed E-state index contributed by atoms with van der Waals surface area (Å²) >= 11 is 0. The van der Waals surface area contributed by atoms with Crippen LogP contribution < -0.4 is 21.7 Å². The Labute approximate surface area is 259 Å². The van der Waals surface area contributed by atoms with Crippen LogP contribution >= 0.6 is 0 Å². The Balaban J connectivity index is 1.47. The van der Waals surface area contributed by atoms with Gasteiger partial charge in [0.15, 0.2) is 34.7 Å². The van der Waals surface area contributed by atoms with Crippen LogP contribution in [0.25, 0.3) is 0 Å². The lowest BCUT2D eigenvalue weighted by Crippen LogP contribution is -2.74. The number of carbonyl (C=O) groups is 6. The Kier molecular flexibility index (Phi) is 8.55. The molecule has 0 aromatic heterocycles. The lowest BCUT2D eigenvalue weighted by molar-refractivity contribution is -0.181. The molecule has 242 valence electrons. The van der Waals surface area contributed by atoms with E-state index in [0.29, 0.717) is 24.4 Å². The van der Waals surface area contributed by atoms with Crippen molar-refractivity contribution < 1.29 is 38.7 Å². The fourth-order valence-electron chi connectivity index (χ4n) is 7.27. The smallest absolute Gasteiger partial charge is 0.246 e. The first kappa shape index (κ1) is 32.2. The molecule has 1 saturated heterocycles. The van der Waals surface area contributed by atoms with E-state index < -0.39 is 70.3 Å². The topological polar surface area (TPSA) is 218 Å². The minimum atomic E-state index is -2.75. The number of Topliss-reactive ketones (excluding diaryl/α,β-unsaturated/α-hetero) is 4. The van der Waals surface area contributed by atoms with Gasteiger partial charge in [-0.3, -0.25) is 38.5 Å². The van der Waals surface area contributed by atoms with Crippen LogP contribution in [-0.4, -0.2) is 116 Å². The van der Waals surface area contributed by atoms with E-state index in [0.717, 1.165) is 12.8 Å². The number of nitrogens with one attached hydrogen (secondary N) is 1. The number of fused-ring (bicyclic) bond motifs is 3. The summed E-state index contributed by atoms with van der Waals surface area (Å²) in [6.45, 7) is 0.768. The molecule has 1 aromatic carbocycles. The number of primary amides is 1. The van der Waals surface area contributed by atoms with Gasteiger partial charge in [-0.15, -0.1) is 0 Å². The van der Waals surface area contributed by atoms with Gasteiger partial charge in [-0.05, 0) is 63.4 Å². The van der Waals surface area contributed by atoms with Crippen LogP contribution in [0.5, 0.6) is 0 Å². The highest BCUT2D eigenvalue weighted by atomic mass is 16.7. The Hall–Kier alpha value is -4.21. The molecule has 45 heavy (non-hydrogen) atoms. The van der Waals surface area contributed by atoms with Gasteiger partial charge in [0.1, 0.15) is 6.54 Å². The number of guanidine groups is 1. The van der Waals surface area contributed by atoms with Crippen LogP contribution in [0.15, 0.2) is 17.1 Å². The summed E-state index contributed by atoms with van der Waals surface area (Å²) in [6, 6.07) is 2.03. The largest absolute Gasteiger partial charge is 0.377 e. The summed E-state index contributed by atoms with van der Waals surface area (Å²) in [5.74, 6) is -10.6. The average Bonchev–Trinajstić information content (AvgIpc) is 2.98. The summed E-state index contributed by atoms with van der Waals surface area (Å²) < 4.78 is 0. The van der Waals surface area contributed by atoms with E-state index in [4.69, 9.17) is 16.3 Å². The molecule has 1 heterocycles. The van der Waals surface area contributed by atoms with Crippen LogP contribution in [0.3, 0.4) is 0 Å². The molecule has 0 spiro atoms. The highest BCUT2D eigenvalue weighted by Gasteiger charge is 2.69. The monoisotopic (exact) mass is 625 g/mol. The number of amides is 2. The number of aliphatic hydroxyl groups is 1. The van der Waals surface area contributed by atoms with Crippen molar-refractivity contribution >= 4 is 52.3 Å². The van der Waals surface area contributed by atoms with Crippen molar-refractivity contribution in [1.29, 1.82) is 0 Å². The van der Waals surface area contributed by atoms with Gasteiger partial charge in [0.25, 0.3) is 0 Å². The van der Waals surface area contributed by atoms with E-state index in [9.17, 15) is 33.9 Å². The van der Waals surface area contributed by atoms with Gasteiger partial charge in [0.2, 0.25) is 17.8 Å². The number of nitrogens with two attached hydrogens (primary N) is 2. The van der Waals surface area contributed by atoms with Gasteiger partial charge in [-0.2, -0.15) is 0 Å². The molecule has 1 aromatic rings. The molecule has 2 amide bonds. The van der Waals surface area contributed by atoms with E-state index in [2.05, 4.69) is 10.3 Å². The number of hydroxylamine groups is 2. The first-order valence-electron chi connectivity index (χ1n) is 14.9. The van der Waals surface area contributed by atoms with Crippen molar-refractivity contribution in [2.24, 2.45) is 40.1 Å².